The van der Waals surface area contributed by atoms with E-state index < -0.39 is 12.0 Å². The average molecular weight is 349 g/mol. The van der Waals surface area contributed by atoms with Crippen molar-refractivity contribution in [3.63, 3.8) is 0 Å². The van der Waals surface area contributed by atoms with Gasteiger partial charge in [-0.3, -0.25) is 4.79 Å². The van der Waals surface area contributed by atoms with Crippen molar-refractivity contribution in [2.45, 2.75) is 13.0 Å². The molecule has 1 heterocycles. The minimum atomic E-state index is -3.28. The maximum Gasteiger partial charge on any atom is 0.394 e. The topological polar surface area (TPSA) is 127 Å². The monoisotopic (exact) mass is 349 g/mol. The highest BCUT2D eigenvalue weighted by atomic mass is 19.3. The number of rotatable bonds is 7. The van der Waals surface area contributed by atoms with E-state index in [1.165, 1.54) is 36.5 Å². The summed E-state index contributed by atoms with van der Waals surface area (Å²) in [6.45, 7) is 0.530. The molecule has 0 radical (unpaired) electrons. The summed E-state index contributed by atoms with van der Waals surface area (Å²) in [5.74, 6) is -0.513. The van der Waals surface area contributed by atoms with Crippen molar-refractivity contribution in [2.24, 2.45) is 11.5 Å². The lowest BCUT2D eigenvalue weighted by atomic mass is 10.0. The first-order valence-corrected chi connectivity index (χ1v) is 7.22. The number of pyridine rings is 1. The first-order valence-electron chi connectivity index (χ1n) is 7.22. The second-order valence-corrected chi connectivity index (χ2v) is 5.19. The van der Waals surface area contributed by atoms with Crippen LogP contribution < -0.4 is 21.5 Å². The number of carbonyl (C=O) groups excluding carboxylic acids is 1. The number of aromatic nitrogens is 1. The van der Waals surface area contributed by atoms with E-state index in [1.54, 1.807) is 0 Å². The van der Waals surface area contributed by atoms with Crippen LogP contribution >= 0.6 is 0 Å². The molecule has 0 fully saturated rings. The van der Waals surface area contributed by atoms with Gasteiger partial charge in [0.25, 0.3) is 0 Å². The molecule has 2 aromatic rings. The zero-order valence-corrected chi connectivity index (χ0v) is 13.3. The number of primary amides is 1. The minimum Gasteiger partial charge on any atom is -0.433 e. The van der Waals surface area contributed by atoms with E-state index in [0.29, 0.717) is 12.6 Å². The number of alkyl halides is 2. The number of carbonyl (C=O) groups is 1. The summed E-state index contributed by atoms with van der Waals surface area (Å²) in [5, 5.41) is 10.9. The molecule has 0 aliphatic carbocycles. The molecule has 0 atom stereocenters. The first-order chi connectivity index (χ1) is 11.7. The molecule has 1 amide bonds. The number of hydrogen-bond acceptors (Lipinski definition) is 6. The highest BCUT2D eigenvalue weighted by molar-refractivity contribution is 6.12. The number of nitrogens with two attached hydrogens (primary N) is 2. The van der Waals surface area contributed by atoms with Gasteiger partial charge in [-0.2, -0.15) is 8.78 Å². The Hall–Kier alpha value is -3.07. The fourth-order valence-corrected chi connectivity index (χ4v) is 2.12. The number of hydrogen-bond donors (Lipinski definition) is 4. The Morgan fingerprint density at radius 1 is 1.32 bits per heavy atom. The van der Waals surface area contributed by atoms with E-state index in [9.17, 15) is 13.6 Å². The smallest absolute Gasteiger partial charge is 0.394 e. The number of nitrogens with zero attached hydrogens (tertiary/aromatic N) is 1. The first kappa shape index (κ1) is 18.3. The van der Waals surface area contributed by atoms with Gasteiger partial charge in [-0.15, -0.1) is 0 Å². The number of benzene rings is 1. The normalized spacial score (nSPS) is 11.0. The second-order valence-electron chi connectivity index (χ2n) is 5.19. The molecule has 2 rings (SSSR count). The molecule has 9 heteroatoms. The highest BCUT2D eigenvalue weighted by Crippen LogP contribution is 2.26. The molecule has 0 spiro atoms. The number of halogens is 2. The Bertz CT molecular complexity index is 788. The van der Waals surface area contributed by atoms with Gasteiger partial charge in [0, 0.05) is 25.4 Å². The van der Waals surface area contributed by atoms with E-state index in [-0.39, 0.29) is 35.0 Å². The van der Waals surface area contributed by atoms with Crippen LogP contribution in [0.3, 0.4) is 0 Å². The van der Waals surface area contributed by atoms with Gasteiger partial charge in [-0.05, 0) is 30.3 Å². The molecule has 0 unspecified atom stereocenters. The van der Waals surface area contributed by atoms with E-state index >= 15 is 0 Å². The quantitative estimate of drug-likeness (QED) is 0.570. The van der Waals surface area contributed by atoms with Gasteiger partial charge in [0.1, 0.15) is 11.6 Å². The lowest BCUT2D eigenvalue weighted by Crippen LogP contribution is -2.22. The molecule has 0 bridgehead atoms. The third kappa shape index (κ3) is 4.70. The van der Waals surface area contributed by atoms with Gasteiger partial charge in [0.15, 0.2) is 0 Å². The van der Waals surface area contributed by atoms with Gasteiger partial charge in [-0.25, -0.2) is 4.98 Å². The van der Waals surface area contributed by atoms with E-state index in [2.05, 4.69) is 15.0 Å². The lowest BCUT2D eigenvalue weighted by Gasteiger charge is -2.15. The molecular formula is C16H17F2N5O2. The van der Waals surface area contributed by atoms with Gasteiger partial charge in [0.2, 0.25) is 5.91 Å². The fourth-order valence-electron chi connectivity index (χ4n) is 2.12. The molecule has 25 heavy (non-hydrogen) atoms. The summed E-state index contributed by atoms with van der Waals surface area (Å²) in [6, 6.07) is 7.09. The zero-order chi connectivity index (χ0) is 18.6. The van der Waals surface area contributed by atoms with Gasteiger partial charge in [-0.1, -0.05) is 0 Å². The number of ether oxygens (including phenoxy) is 1. The largest absolute Gasteiger partial charge is 0.433 e. The van der Waals surface area contributed by atoms with Crippen molar-refractivity contribution >= 4 is 23.1 Å². The van der Waals surface area contributed by atoms with Crippen LogP contribution in [0.5, 0.6) is 5.75 Å². The Balaban J connectivity index is 2.32. The van der Waals surface area contributed by atoms with Crippen LogP contribution in [0.15, 0.2) is 36.5 Å². The highest BCUT2D eigenvalue weighted by Gasteiger charge is 2.23. The second kappa shape index (κ2) is 7.22. The van der Waals surface area contributed by atoms with E-state index in [4.69, 9.17) is 16.9 Å². The molecule has 1 aromatic carbocycles. The lowest BCUT2D eigenvalue weighted by molar-refractivity contribution is -0.158. The summed E-state index contributed by atoms with van der Waals surface area (Å²) >= 11 is 0. The number of nitrogens with one attached hydrogen (secondary N) is 2. The molecule has 132 valence electrons. The summed E-state index contributed by atoms with van der Waals surface area (Å²) in [4.78, 5) is 15.7. The van der Waals surface area contributed by atoms with Crippen LogP contribution in [0.25, 0.3) is 0 Å². The molecule has 1 aromatic heterocycles. The molecule has 0 aliphatic heterocycles. The van der Waals surface area contributed by atoms with Crippen molar-refractivity contribution in [1.82, 2.24) is 4.98 Å². The van der Waals surface area contributed by atoms with Crippen LogP contribution in [0.4, 0.5) is 20.3 Å². The van der Waals surface area contributed by atoms with E-state index in [1.807, 2.05) is 0 Å². The third-order valence-corrected chi connectivity index (χ3v) is 3.14. The van der Waals surface area contributed by atoms with Crippen LogP contribution in [0, 0.1) is 5.41 Å². The molecule has 6 N–H and O–H groups in total. The SMILES string of the molecule is CC(F)(F)Oc1ccc(Nc2nccc(C(N)=O)c2C(=N)CN)cc1. The van der Waals surface area contributed by atoms with Crippen molar-refractivity contribution in [2.75, 3.05) is 11.9 Å². The maximum atomic E-state index is 12.8. The molecule has 7 nitrogen and oxygen atoms in total. The predicted octanol–water partition coefficient (Wildman–Crippen LogP) is 2.24. The van der Waals surface area contributed by atoms with Gasteiger partial charge < -0.3 is 26.9 Å². The molecule has 0 aliphatic rings. The Kier molecular flexibility index (Phi) is 5.28. The fraction of sp³-hybridized carbons (Fsp3) is 0.188. The van der Waals surface area contributed by atoms with Crippen molar-refractivity contribution in [3.05, 3.63) is 47.7 Å². The van der Waals surface area contributed by atoms with Crippen LogP contribution in [0.1, 0.15) is 22.8 Å². The standard InChI is InChI=1S/C16H17F2N5O2/c1-16(17,18)25-10-4-2-9(3-5-10)23-15-13(12(20)8-19)11(14(21)24)6-7-22-15/h2-7,20H,8,19H2,1H3,(H2,21,24)(H,22,23). The van der Waals surface area contributed by atoms with Gasteiger partial charge >= 0.3 is 6.11 Å². The summed E-state index contributed by atoms with van der Waals surface area (Å²) in [7, 11) is 0. The Labute approximate surface area is 142 Å². The molecule has 0 saturated carbocycles. The van der Waals surface area contributed by atoms with Crippen LogP contribution in [-0.2, 0) is 0 Å². The molecule has 0 saturated heterocycles. The Morgan fingerprint density at radius 2 is 1.96 bits per heavy atom. The van der Waals surface area contributed by atoms with Crippen LogP contribution in [0.2, 0.25) is 0 Å². The number of anilines is 2. The summed E-state index contributed by atoms with van der Waals surface area (Å²) in [6.07, 6.45) is -1.92. The summed E-state index contributed by atoms with van der Waals surface area (Å²) < 4.78 is 30.1. The average Bonchev–Trinajstić information content (AvgIpc) is 2.54. The van der Waals surface area contributed by atoms with Crippen molar-refractivity contribution in [1.29, 1.82) is 5.41 Å². The number of amides is 1. The van der Waals surface area contributed by atoms with Gasteiger partial charge in [0.05, 0.1) is 16.8 Å². The minimum absolute atomic E-state index is 0.00757. The maximum absolute atomic E-state index is 12.8. The Morgan fingerprint density at radius 3 is 2.48 bits per heavy atom. The van der Waals surface area contributed by atoms with Crippen LogP contribution in [-0.4, -0.2) is 29.3 Å². The molecular weight excluding hydrogens is 332 g/mol. The zero-order valence-electron chi connectivity index (χ0n) is 13.3. The van der Waals surface area contributed by atoms with Crippen molar-refractivity contribution < 1.29 is 18.3 Å². The third-order valence-electron chi connectivity index (χ3n) is 3.14. The summed E-state index contributed by atoms with van der Waals surface area (Å²) in [5.41, 5.74) is 11.6. The van der Waals surface area contributed by atoms with E-state index in [0.717, 1.165) is 0 Å². The predicted molar refractivity (Wildman–Crippen MR) is 89.6 cm³/mol. The van der Waals surface area contributed by atoms with Crippen molar-refractivity contribution in [3.8, 4) is 5.75 Å².